The summed E-state index contributed by atoms with van der Waals surface area (Å²) >= 11 is 0. The van der Waals surface area contributed by atoms with Gasteiger partial charge in [-0.2, -0.15) is 0 Å². The van der Waals surface area contributed by atoms with Crippen LogP contribution in [0.15, 0.2) is 29.3 Å². The molecule has 0 aliphatic carbocycles. The van der Waals surface area contributed by atoms with Gasteiger partial charge in [0.1, 0.15) is 5.75 Å². The van der Waals surface area contributed by atoms with Gasteiger partial charge in [0.25, 0.3) is 0 Å². The van der Waals surface area contributed by atoms with E-state index in [0.717, 1.165) is 50.2 Å². The molecule has 1 aromatic rings. The zero-order chi connectivity index (χ0) is 18.2. The fourth-order valence-corrected chi connectivity index (χ4v) is 3.86. The van der Waals surface area contributed by atoms with Gasteiger partial charge in [0.05, 0.1) is 6.61 Å². The maximum Gasteiger partial charge on any atom is 0.190 e. The standard InChI is InChI=1S/C21H34N4O.HI/c1-17-8-13-25(14-9-17)12-5-11-23-21(22-2)24-16-18-10-15-26-20-7-4-3-6-19(18)20;/h3-4,6-7,17-18H,5,8-16H2,1-2H3,(H2,22,23,24);1H. The van der Waals surface area contributed by atoms with Crippen molar-refractivity contribution >= 4 is 29.9 Å². The number of piperidine rings is 1. The molecule has 1 unspecified atom stereocenters. The van der Waals surface area contributed by atoms with E-state index in [2.05, 4.69) is 45.6 Å². The second-order valence-corrected chi connectivity index (χ2v) is 7.63. The first kappa shape index (κ1) is 22.3. The molecule has 1 fully saturated rings. The van der Waals surface area contributed by atoms with Gasteiger partial charge in [-0.1, -0.05) is 25.1 Å². The Balaban J connectivity index is 0.00000261. The molecule has 0 bridgehead atoms. The minimum atomic E-state index is 0. The van der Waals surface area contributed by atoms with Gasteiger partial charge in [-0.15, -0.1) is 24.0 Å². The van der Waals surface area contributed by atoms with Crippen molar-refractivity contribution in [3.63, 3.8) is 0 Å². The maximum absolute atomic E-state index is 5.75. The van der Waals surface area contributed by atoms with Crippen LogP contribution < -0.4 is 15.4 Å². The largest absolute Gasteiger partial charge is 0.493 e. The number of guanidine groups is 1. The van der Waals surface area contributed by atoms with E-state index in [1.165, 1.54) is 38.0 Å². The lowest BCUT2D eigenvalue weighted by Crippen LogP contribution is -2.41. The van der Waals surface area contributed by atoms with E-state index < -0.39 is 0 Å². The maximum atomic E-state index is 5.75. The summed E-state index contributed by atoms with van der Waals surface area (Å²) in [6.07, 6.45) is 4.91. The van der Waals surface area contributed by atoms with Crippen molar-refractivity contribution in [3.05, 3.63) is 29.8 Å². The van der Waals surface area contributed by atoms with Gasteiger partial charge in [-0.05, 0) is 62.9 Å². The summed E-state index contributed by atoms with van der Waals surface area (Å²) in [5, 5.41) is 6.96. The fourth-order valence-electron chi connectivity index (χ4n) is 3.86. The summed E-state index contributed by atoms with van der Waals surface area (Å²) in [4.78, 5) is 6.97. The summed E-state index contributed by atoms with van der Waals surface area (Å²) in [6, 6.07) is 8.37. The highest BCUT2D eigenvalue weighted by molar-refractivity contribution is 14.0. The number of rotatable bonds is 6. The van der Waals surface area contributed by atoms with E-state index >= 15 is 0 Å². The molecular weight excluding hydrogens is 451 g/mol. The SMILES string of the molecule is CN=C(NCCCN1CCC(C)CC1)NCC1CCOc2ccccc21.I. The Kier molecular flexibility index (Phi) is 9.68. The average molecular weight is 486 g/mol. The molecule has 3 rings (SSSR count). The summed E-state index contributed by atoms with van der Waals surface area (Å²) in [5.74, 6) is 3.32. The Bertz CT molecular complexity index is 587. The number of hydrogen-bond acceptors (Lipinski definition) is 3. The summed E-state index contributed by atoms with van der Waals surface area (Å²) < 4.78 is 5.75. The lowest BCUT2D eigenvalue weighted by Gasteiger charge is -2.30. The Morgan fingerprint density at radius 1 is 1.19 bits per heavy atom. The van der Waals surface area contributed by atoms with Gasteiger partial charge < -0.3 is 20.3 Å². The van der Waals surface area contributed by atoms with Crippen molar-refractivity contribution in [2.24, 2.45) is 10.9 Å². The van der Waals surface area contributed by atoms with Gasteiger partial charge in [0.15, 0.2) is 5.96 Å². The van der Waals surface area contributed by atoms with Crippen molar-refractivity contribution in [1.29, 1.82) is 0 Å². The molecule has 1 saturated heterocycles. The number of benzene rings is 1. The Hall–Kier alpha value is -1.02. The van der Waals surface area contributed by atoms with E-state index in [1.807, 2.05) is 13.1 Å². The average Bonchev–Trinajstić information content (AvgIpc) is 2.69. The second-order valence-electron chi connectivity index (χ2n) is 7.63. The van der Waals surface area contributed by atoms with Gasteiger partial charge in [0, 0.05) is 26.1 Å². The van der Waals surface area contributed by atoms with Crippen molar-refractivity contribution in [1.82, 2.24) is 15.5 Å². The molecule has 1 atom stereocenters. The molecule has 2 N–H and O–H groups in total. The van der Waals surface area contributed by atoms with Crippen LogP contribution >= 0.6 is 24.0 Å². The third-order valence-electron chi connectivity index (χ3n) is 5.64. The molecule has 0 saturated carbocycles. The van der Waals surface area contributed by atoms with Crippen molar-refractivity contribution in [2.75, 3.05) is 46.4 Å². The number of para-hydroxylation sites is 1. The van der Waals surface area contributed by atoms with Crippen LogP contribution in [0.1, 0.15) is 44.1 Å². The summed E-state index contributed by atoms with van der Waals surface area (Å²) in [5.41, 5.74) is 1.31. The first-order valence-electron chi connectivity index (χ1n) is 10.1. The van der Waals surface area contributed by atoms with E-state index in [0.29, 0.717) is 5.92 Å². The van der Waals surface area contributed by atoms with Crippen LogP contribution in [0.2, 0.25) is 0 Å². The number of hydrogen-bond donors (Lipinski definition) is 2. The Labute approximate surface area is 181 Å². The normalized spacial score (nSPS) is 21.0. The molecule has 27 heavy (non-hydrogen) atoms. The predicted molar refractivity (Wildman–Crippen MR) is 124 cm³/mol. The lowest BCUT2D eigenvalue weighted by molar-refractivity contribution is 0.191. The van der Waals surface area contributed by atoms with Crippen LogP contribution in [0, 0.1) is 5.92 Å². The smallest absolute Gasteiger partial charge is 0.190 e. The number of nitrogens with zero attached hydrogens (tertiary/aromatic N) is 2. The highest BCUT2D eigenvalue weighted by Crippen LogP contribution is 2.32. The summed E-state index contributed by atoms with van der Waals surface area (Å²) in [7, 11) is 1.85. The zero-order valence-corrected chi connectivity index (χ0v) is 19.1. The van der Waals surface area contributed by atoms with E-state index in [1.54, 1.807) is 0 Å². The molecule has 6 heteroatoms. The van der Waals surface area contributed by atoms with Crippen molar-refractivity contribution < 1.29 is 4.74 Å². The molecule has 0 spiro atoms. The third kappa shape index (κ3) is 6.82. The van der Waals surface area contributed by atoms with E-state index in [9.17, 15) is 0 Å². The van der Waals surface area contributed by atoms with Gasteiger partial charge >= 0.3 is 0 Å². The van der Waals surface area contributed by atoms with Crippen LogP contribution in [0.25, 0.3) is 0 Å². The monoisotopic (exact) mass is 486 g/mol. The number of nitrogens with one attached hydrogen (secondary N) is 2. The number of likely N-dealkylation sites (tertiary alicyclic amines) is 1. The molecule has 152 valence electrons. The molecule has 1 aromatic carbocycles. The number of fused-ring (bicyclic) bond motifs is 1. The van der Waals surface area contributed by atoms with Gasteiger partial charge in [-0.3, -0.25) is 4.99 Å². The molecule has 0 radical (unpaired) electrons. The Morgan fingerprint density at radius 2 is 1.96 bits per heavy atom. The first-order valence-corrected chi connectivity index (χ1v) is 10.1. The summed E-state index contributed by atoms with van der Waals surface area (Å²) in [6.45, 7) is 8.73. The van der Waals surface area contributed by atoms with Crippen molar-refractivity contribution in [3.8, 4) is 5.75 Å². The quantitative estimate of drug-likeness (QED) is 0.280. The van der Waals surface area contributed by atoms with Crippen LogP contribution in [-0.4, -0.2) is 57.2 Å². The minimum Gasteiger partial charge on any atom is -0.493 e. The second kappa shape index (κ2) is 11.7. The molecule has 2 aliphatic heterocycles. The van der Waals surface area contributed by atoms with Crippen LogP contribution in [0.4, 0.5) is 0 Å². The molecule has 5 nitrogen and oxygen atoms in total. The van der Waals surface area contributed by atoms with Gasteiger partial charge in [-0.25, -0.2) is 0 Å². The fraction of sp³-hybridized carbons (Fsp3) is 0.667. The van der Waals surface area contributed by atoms with E-state index in [4.69, 9.17) is 4.74 Å². The Morgan fingerprint density at radius 3 is 2.74 bits per heavy atom. The number of aliphatic imine (C=N–C) groups is 1. The number of ether oxygens (including phenoxy) is 1. The van der Waals surface area contributed by atoms with E-state index in [-0.39, 0.29) is 24.0 Å². The zero-order valence-electron chi connectivity index (χ0n) is 16.7. The molecule has 0 aromatic heterocycles. The predicted octanol–water partition coefficient (Wildman–Crippen LogP) is 3.46. The third-order valence-corrected chi connectivity index (χ3v) is 5.64. The minimum absolute atomic E-state index is 0. The highest BCUT2D eigenvalue weighted by Gasteiger charge is 2.21. The van der Waals surface area contributed by atoms with Crippen molar-refractivity contribution in [2.45, 2.75) is 38.5 Å². The molecule has 2 heterocycles. The molecule has 0 amide bonds. The van der Waals surface area contributed by atoms with Gasteiger partial charge in [0.2, 0.25) is 0 Å². The first-order chi connectivity index (χ1) is 12.8. The molecular formula is C21H35IN4O. The lowest BCUT2D eigenvalue weighted by atomic mass is 9.93. The number of halogens is 1. The van der Waals surface area contributed by atoms with Crippen LogP contribution in [-0.2, 0) is 0 Å². The molecule has 2 aliphatic rings. The van der Waals surface area contributed by atoms with Crippen LogP contribution in [0.5, 0.6) is 5.75 Å². The highest BCUT2D eigenvalue weighted by atomic mass is 127. The topological polar surface area (TPSA) is 48.9 Å². The van der Waals surface area contributed by atoms with Crippen LogP contribution in [0.3, 0.4) is 0 Å².